The highest BCUT2D eigenvalue weighted by molar-refractivity contribution is 5.49. The third-order valence-electron chi connectivity index (χ3n) is 3.76. The van der Waals surface area contributed by atoms with Gasteiger partial charge in [-0.05, 0) is 23.3 Å². The summed E-state index contributed by atoms with van der Waals surface area (Å²) >= 11 is 0. The number of fused-ring (bicyclic) bond motifs is 1. The Morgan fingerprint density at radius 1 is 1.24 bits per heavy atom. The van der Waals surface area contributed by atoms with Crippen LogP contribution in [0.15, 0.2) is 42.9 Å². The van der Waals surface area contributed by atoms with Gasteiger partial charge in [-0.3, -0.25) is 4.68 Å². The fourth-order valence-corrected chi connectivity index (χ4v) is 2.74. The van der Waals surface area contributed by atoms with Crippen molar-refractivity contribution < 1.29 is 4.74 Å². The fourth-order valence-electron chi connectivity index (χ4n) is 2.74. The molecule has 106 valence electrons. The molecule has 0 unspecified atom stereocenters. The summed E-state index contributed by atoms with van der Waals surface area (Å²) in [5.41, 5.74) is 3.45. The van der Waals surface area contributed by atoms with Gasteiger partial charge in [-0.1, -0.05) is 12.1 Å². The van der Waals surface area contributed by atoms with Crippen molar-refractivity contribution in [2.45, 2.75) is 13.0 Å². The van der Waals surface area contributed by atoms with Crippen molar-refractivity contribution in [2.24, 2.45) is 7.05 Å². The van der Waals surface area contributed by atoms with E-state index in [-0.39, 0.29) is 0 Å². The molecule has 3 heterocycles. The first kappa shape index (κ1) is 12.2. The van der Waals surface area contributed by atoms with Crippen LogP contribution in [0.2, 0.25) is 0 Å². The summed E-state index contributed by atoms with van der Waals surface area (Å²) in [6, 6.07) is 8.39. The van der Waals surface area contributed by atoms with Crippen molar-refractivity contribution in [1.29, 1.82) is 0 Å². The lowest BCUT2D eigenvalue weighted by atomic mass is 10.1. The minimum atomic E-state index is 0.791. The highest BCUT2D eigenvalue weighted by Crippen LogP contribution is 2.26. The third kappa shape index (κ3) is 2.20. The molecule has 0 radical (unpaired) electrons. The minimum Gasteiger partial charge on any atom is -0.493 e. The smallest absolute Gasteiger partial charge is 0.160 e. The van der Waals surface area contributed by atoms with Gasteiger partial charge in [0, 0.05) is 38.6 Å². The maximum atomic E-state index is 5.55. The zero-order valence-corrected chi connectivity index (χ0v) is 11.9. The van der Waals surface area contributed by atoms with E-state index in [1.807, 2.05) is 31.7 Å². The molecule has 0 spiro atoms. The number of ether oxygens (including phenoxy) is 1. The van der Waals surface area contributed by atoms with Crippen LogP contribution in [0.4, 0.5) is 0 Å². The number of rotatable bonds is 3. The molecule has 0 N–H and O–H groups in total. The number of benzene rings is 1. The normalized spacial score (nSPS) is 13.2. The molecular weight excluding hydrogens is 264 g/mol. The number of hydrogen-bond acceptors (Lipinski definition) is 3. The molecule has 0 saturated heterocycles. The van der Waals surface area contributed by atoms with Gasteiger partial charge in [0.25, 0.3) is 0 Å². The van der Waals surface area contributed by atoms with Gasteiger partial charge < -0.3 is 9.30 Å². The van der Waals surface area contributed by atoms with E-state index in [0.29, 0.717) is 0 Å². The van der Waals surface area contributed by atoms with Crippen molar-refractivity contribution in [2.75, 3.05) is 6.61 Å². The molecule has 4 rings (SSSR count). The molecule has 0 fully saturated rings. The van der Waals surface area contributed by atoms with E-state index in [1.54, 1.807) is 4.68 Å². The average molecular weight is 280 g/mol. The predicted molar refractivity (Wildman–Crippen MR) is 79.2 cm³/mol. The van der Waals surface area contributed by atoms with E-state index in [2.05, 4.69) is 32.8 Å². The second-order valence-corrected chi connectivity index (χ2v) is 5.29. The zero-order valence-electron chi connectivity index (χ0n) is 11.9. The van der Waals surface area contributed by atoms with E-state index < -0.39 is 0 Å². The molecule has 0 saturated carbocycles. The van der Waals surface area contributed by atoms with E-state index in [9.17, 15) is 0 Å². The zero-order chi connectivity index (χ0) is 14.2. The Labute approximate surface area is 122 Å². The first-order valence-electron chi connectivity index (χ1n) is 7.05. The van der Waals surface area contributed by atoms with Crippen LogP contribution in [0.1, 0.15) is 11.1 Å². The van der Waals surface area contributed by atoms with Crippen molar-refractivity contribution in [1.82, 2.24) is 19.3 Å². The highest BCUT2D eigenvalue weighted by atomic mass is 16.5. The molecule has 2 aromatic heterocycles. The van der Waals surface area contributed by atoms with Crippen molar-refractivity contribution in [3.63, 3.8) is 0 Å². The van der Waals surface area contributed by atoms with Gasteiger partial charge in [0.15, 0.2) is 5.82 Å². The van der Waals surface area contributed by atoms with Crippen molar-refractivity contribution in [3.05, 3.63) is 54.0 Å². The second-order valence-electron chi connectivity index (χ2n) is 5.29. The van der Waals surface area contributed by atoms with Gasteiger partial charge in [0.05, 0.1) is 6.61 Å². The number of imidazole rings is 1. The molecule has 1 aromatic carbocycles. The lowest BCUT2D eigenvalue weighted by Crippen LogP contribution is -2.02. The largest absolute Gasteiger partial charge is 0.493 e. The van der Waals surface area contributed by atoms with Crippen LogP contribution in [0.5, 0.6) is 5.75 Å². The summed E-state index contributed by atoms with van der Waals surface area (Å²) in [5, 5.41) is 4.43. The van der Waals surface area contributed by atoms with Gasteiger partial charge in [-0.15, -0.1) is 0 Å². The van der Waals surface area contributed by atoms with Crippen LogP contribution in [0.3, 0.4) is 0 Å². The SMILES string of the molecule is Cn1ccc(-c2nccn2Cc2ccc3c(c2)CCO3)n1. The van der Waals surface area contributed by atoms with Crippen LogP contribution < -0.4 is 4.74 Å². The highest BCUT2D eigenvalue weighted by Gasteiger charge is 2.13. The number of aryl methyl sites for hydroxylation is 1. The first-order valence-corrected chi connectivity index (χ1v) is 7.05. The second kappa shape index (κ2) is 4.77. The Morgan fingerprint density at radius 2 is 2.19 bits per heavy atom. The monoisotopic (exact) mass is 280 g/mol. The quantitative estimate of drug-likeness (QED) is 0.739. The Morgan fingerprint density at radius 3 is 3.05 bits per heavy atom. The maximum absolute atomic E-state index is 5.55. The van der Waals surface area contributed by atoms with E-state index >= 15 is 0 Å². The average Bonchev–Trinajstić information content (AvgIpc) is 3.18. The van der Waals surface area contributed by atoms with Gasteiger partial charge in [-0.25, -0.2) is 4.98 Å². The summed E-state index contributed by atoms with van der Waals surface area (Å²) in [7, 11) is 1.91. The van der Waals surface area contributed by atoms with E-state index in [1.165, 1.54) is 11.1 Å². The molecule has 5 heteroatoms. The van der Waals surface area contributed by atoms with Gasteiger partial charge in [0.2, 0.25) is 0 Å². The Bertz CT molecular complexity index is 787. The van der Waals surface area contributed by atoms with Crippen LogP contribution in [-0.4, -0.2) is 25.9 Å². The third-order valence-corrected chi connectivity index (χ3v) is 3.76. The molecule has 0 bridgehead atoms. The van der Waals surface area contributed by atoms with Gasteiger partial charge in [-0.2, -0.15) is 5.10 Å². The van der Waals surface area contributed by atoms with Gasteiger partial charge >= 0.3 is 0 Å². The standard InChI is InChI=1S/C16H16N4O/c1-19-7-4-14(18-19)16-17-6-8-20(16)11-12-2-3-15-13(10-12)5-9-21-15/h2-4,6-8,10H,5,9,11H2,1H3. The topological polar surface area (TPSA) is 44.9 Å². The van der Waals surface area contributed by atoms with E-state index in [4.69, 9.17) is 4.74 Å². The Kier molecular flexibility index (Phi) is 2.77. The Balaban J connectivity index is 1.65. The molecule has 5 nitrogen and oxygen atoms in total. The van der Waals surface area contributed by atoms with Crippen molar-refractivity contribution in [3.8, 4) is 17.3 Å². The Hall–Kier alpha value is -2.56. The molecule has 0 aliphatic carbocycles. The molecule has 21 heavy (non-hydrogen) atoms. The van der Waals surface area contributed by atoms with Crippen molar-refractivity contribution >= 4 is 0 Å². The summed E-state index contributed by atoms with van der Waals surface area (Å²) in [4.78, 5) is 4.43. The van der Waals surface area contributed by atoms with Gasteiger partial charge in [0.1, 0.15) is 11.4 Å². The molecule has 3 aromatic rings. The lowest BCUT2D eigenvalue weighted by Gasteiger charge is -2.08. The lowest BCUT2D eigenvalue weighted by molar-refractivity contribution is 0.357. The maximum Gasteiger partial charge on any atom is 0.160 e. The predicted octanol–water partition coefficient (Wildman–Crippen LogP) is 2.27. The van der Waals surface area contributed by atoms with Crippen LogP contribution >= 0.6 is 0 Å². The summed E-state index contributed by atoms with van der Waals surface area (Å²) in [6.07, 6.45) is 6.75. The molecular formula is C16H16N4O. The molecule has 1 aliphatic heterocycles. The summed E-state index contributed by atoms with van der Waals surface area (Å²) in [5.74, 6) is 1.92. The van der Waals surface area contributed by atoms with E-state index in [0.717, 1.165) is 36.8 Å². The summed E-state index contributed by atoms with van der Waals surface area (Å²) in [6.45, 7) is 1.59. The molecule has 1 aliphatic rings. The van der Waals surface area contributed by atoms with Crippen LogP contribution in [0.25, 0.3) is 11.5 Å². The minimum absolute atomic E-state index is 0.791. The van der Waals surface area contributed by atoms with Crippen LogP contribution in [-0.2, 0) is 20.0 Å². The molecule has 0 atom stereocenters. The number of aromatic nitrogens is 4. The van der Waals surface area contributed by atoms with Crippen LogP contribution in [0, 0.1) is 0 Å². The number of hydrogen-bond donors (Lipinski definition) is 0. The molecule has 0 amide bonds. The summed E-state index contributed by atoms with van der Waals surface area (Å²) < 4.78 is 9.47. The first-order chi connectivity index (χ1) is 10.3. The fraction of sp³-hybridized carbons (Fsp3) is 0.250. The number of nitrogens with zero attached hydrogens (tertiary/aromatic N) is 4.